The van der Waals surface area contributed by atoms with Crippen molar-refractivity contribution in [2.24, 2.45) is 0 Å². The van der Waals surface area contributed by atoms with E-state index in [0.717, 1.165) is 32.2 Å². The molecule has 0 atom stereocenters. The molecule has 0 bridgehead atoms. The largest absolute Gasteiger partial charge is 0.338 e. The minimum absolute atomic E-state index is 0.0910. The van der Waals surface area contributed by atoms with E-state index in [0.29, 0.717) is 12.0 Å². The summed E-state index contributed by atoms with van der Waals surface area (Å²) in [4.78, 5) is 14.9. The Morgan fingerprint density at radius 3 is 2.41 bits per heavy atom. The van der Waals surface area contributed by atoms with Crippen molar-refractivity contribution in [3.63, 3.8) is 0 Å². The van der Waals surface area contributed by atoms with Crippen molar-refractivity contribution in [2.75, 3.05) is 11.4 Å². The average Bonchev–Trinajstić information content (AvgIpc) is 2.35. The van der Waals surface area contributed by atoms with Gasteiger partial charge >= 0.3 is 0 Å². The second-order valence-electron chi connectivity index (χ2n) is 7.56. The minimum atomic E-state index is 0.0910. The number of halogens is 1. The topological polar surface area (TPSA) is 53.9 Å². The Kier molecular flexibility index (Phi) is 5.28. The lowest BCUT2D eigenvalue weighted by molar-refractivity contribution is 0.157. The Morgan fingerprint density at radius 1 is 1.23 bits per heavy atom. The van der Waals surface area contributed by atoms with Gasteiger partial charge in [-0.15, -0.1) is 0 Å². The molecule has 0 unspecified atom stereocenters. The van der Waals surface area contributed by atoms with Gasteiger partial charge in [0.15, 0.2) is 0 Å². The number of hydrogen-bond donors (Lipinski definition) is 1. The molecule has 22 heavy (non-hydrogen) atoms. The molecule has 1 aliphatic heterocycles. The van der Waals surface area contributed by atoms with Crippen LogP contribution in [-0.4, -0.2) is 38.6 Å². The first-order valence-corrected chi connectivity index (χ1v) is 8.51. The molecule has 1 aromatic heterocycles. The Labute approximate surface area is 138 Å². The highest BCUT2D eigenvalue weighted by atomic mass is 35.5. The molecule has 6 heteroatoms. The predicted molar refractivity (Wildman–Crippen MR) is 91.4 cm³/mol. The second-order valence-corrected chi connectivity index (χ2v) is 7.89. The SMILES string of the molecule is CCCCN(c1ncnc(Cl)n1)C1CC(C)(C)NC(C)(C)C1. The van der Waals surface area contributed by atoms with E-state index in [4.69, 9.17) is 11.6 Å². The lowest BCUT2D eigenvalue weighted by Crippen LogP contribution is -2.62. The van der Waals surface area contributed by atoms with E-state index in [2.05, 4.69) is 59.8 Å². The van der Waals surface area contributed by atoms with Gasteiger partial charge in [-0.2, -0.15) is 4.98 Å². The third-order valence-electron chi connectivity index (χ3n) is 4.15. The standard InChI is InChI=1S/C16H28ClN5/c1-6-7-8-22(14-19-11-18-13(17)20-14)12-9-15(2,3)21-16(4,5)10-12/h11-12,21H,6-10H2,1-5H3. The maximum Gasteiger partial charge on any atom is 0.229 e. The van der Waals surface area contributed by atoms with Gasteiger partial charge in [0.05, 0.1) is 0 Å². The zero-order valence-corrected chi connectivity index (χ0v) is 15.1. The highest BCUT2D eigenvalue weighted by molar-refractivity contribution is 6.28. The van der Waals surface area contributed by atoms with E-state index >= 15 is 0 Å². The molecular formula is C16H28ClN5. The van der Waals surface area contributed by atoms with Gasteiger partial charge in [-0.05, 0) is 58.6 Å². The van der Waals surface area contributed by atoms with Gasteiger partial charge < -0.3 is 10.2 Å². The van der Waals surface area contributed by atoms with Crippen LogP contribution in [0, 0.1) is 0 Å². The van der Waals surface area contributed by atoms with Gasteiger partial charge in [0, 0.05) is 23.7 Å². The number of nitrogens with zero attached hydrogens (tertiary/aromatic N) is 4. The quantitative estimate of drug-likeness (QED) is 0.898. The molecule has 0 spiro atoms. The fourth-order valence-electron chi connectivity index (χ4n) is 3.67. The monoisotopic (exact) mass is 325 g/mol. The summed E-state index contributed by atoms with van der Waals surface area (Å²) in [5.41, 5.74) is 0.182. The summed E-state index contributed by atoms with van der Waals surface area (Å²) in [5, 5.41) is 3.99. The van der Waals surface area contributed by atoms with Crippen molar-refractivity contribution in [3.05, 3.63) is 11.6 Å². The first-order chi connectivity index (χ1) is 10.2. The predicted octanol–water partition coefficient (Wildman–Crippen LogP) is 3.44. The van der Waals surface area contributed by atoms with Crippen molar-refractivity contribution in [2.45, 2.75) is 77.4 Å². The van der Waals surface area contributed by atoms with Crippen LogP contribution in [0.2, 0.25) is 5.28 Å². The highest BCUT2D eigenvalue weighted by Gasteiger charge is 2.40. The summed E-state index contributed by atoms with van der Waals surface area (Å²) in [6.07, 6.45) is 5.88. The highest BCUT2D eigenvalue weighted by Crippen LogP contribution is 2.33. The van der Waals surface area contributed by atoms with E-state index in [-0.39, 0.29) is 16.4 Å². The number of nitrogens with one attached hydrogen (secondary N) is 1. The Morgan fingerprint density at radius 2 is 1.86 bits per heavy atom. The molecule has 0 aromatic carbocycles. The molecule has 1 N–H and O–H groups in total. The maximum absolute atomic E-state index is 5.97. The van der Waals surface area contributed by atoms with Crippen LogP contribution in [0.15, 0.2) is 6.33 Å². The molecule has 2 heterocycles. The van der Waals surface area contributed by atoms with E-state index < -0.39 is 0 Å². The molecule has 5 nitrogen and oxygen atoms in total. The Bertz CT molecular complexity index is 487. The summed E-state index contributed by atoms with van der Waals surface area (Å²) >= 11 is 5.97. The van der Waals surface area contributed by atoms with Crippen molar-refractivity contribution in [1.82, 2.24) is 20.3 Å². The minimum Gasteiger partial charge on any atom is -0.338 e. The van der Waals surface area contributed by atoms with Crippen LogP contribution in [-0.2, 0) is 0 Å². The first-order valence-electron chi connectivity index (χ1n) is 8.13. The molecule has 1 saturated heterocycles. The van der Waals surface area contributed by atoms with Crippen molar-refractivity contribution < 1.29 is 0 Å². The molecule has 1 fully saturated rings. The zero-order valence-electron chi connectivity index (χ0n) is 14.4. The van der Waals surface area contributed by atoms with Crippen LogP contribution in [0.3, 0.4) is 0 Å². The van der Waals surface area contributed by atoms with Gasteiger partial charge in [0.2, 0.25) is 11.2 Å². The van der Waals surface area contributed by atoms with Crippen molar-refractivity contribution >= 4 is 17.5 Å². The van der Waals surface area contributed by atoms with E-state index in [9.17, 15) is 0 Å². The zero-order chi connectivity index (χ0) is 16.4. The van der Waals surface area contributed by atoms with E-state index in [1.807, 2.05) is 0 Å². The van der Waals surface area contributed by atoms with Gasteiger partial charge in [0.1, 0.15) is 6.33 Å². The lowest BCUT2D eigenvalue weighted by atomic mass is 9.79. The third-order valence-corrected chi connectivity index (χ3v) is 4.33. The van der Waals surface area contributed by atoms with Gasteiger partial charge in [-0.1, -0.05) is 13.3 Å². The summed E-state index contributed by atoms with van der Waals surface area (Å²) in [5.74, 6) is 0.701. The molecule has 0 amide bonds. The summed E-state index contributed by atoms with van der Waals surface area (Å²) < 4.78 is 0. The van der Waals surface area contributed by atoms with Crippen LogP contribution in [0.4, 0.5) is 5.95 Å². The number of hydrogen-bond acceptors (Lipinski definition) is 5. The average molecular weight is 326 g/mol. The molecule has 0 aliphatic carbocycles. The molecule has 1 aromatic rings. The normalized spacial score (nSPS) is 20.8. The number of unbranched alkanes of at least 4 members (excludes halogenated alkanes) is 1. The van der Waals surface area contributed by atoms with Gasteiger partial charge in [-0.25, -0.2) is 9.97 Å². The molecule has 0 radical (unpaired) electrons. The smallest absolute Gasteiger partial charge is 0.229 e. The number of piperidine rings is 1. The van der Waals surface area contributed by atoms with Crippen LogP contribution < -0.4 is 10.2 Å². The van der Waals surface area contributed by atoms with Crippen LogP contribution in [0.5, 0.6) is 0 Å². The molecule has 1 aliphatic rings. The lowest BCUT2D eigenvalue weighted by Gasteiger charge is -2.49. The van der Waals surface area contributed by atoms with E-state index in [1.165, 1.54) is 6.33 Å². The molecule has 2 rings (SSSR count). The third kappa shape index (κ3) is 4.53. The molecule has 0 saturated carbocycles. The van der Waals surface area contributed by atoms with Crippen LogP contribution in [0.25, 0.3) is 0 Å². The van der Waals surface area contributed by atoms with Crippen LogP contribution in [0.1, 0.15) is 60.3 Å². The first kappa shape index (κ1) is 17.4. The Balaban J connectivity index is 2.28. The van der Waals surface area contributed by atoms with Crippen molar-refractivity contribution in [3.8, 4) is 0 Å². The number of aromatic nitrogens is 3. The molecule has 124 valence electrons. The number of rotatable bonds is 5. The van der Waals surface area contributed by atoms with Gasteiger partial charge in [-0.3, -0.25) is 0 Å². The number of anilines is 1. The summed E-state index contributed by atoms with van der Waals surface area (Å²) in [6.45, 7) is 12.2. The molecular weight excluding hydrogens is 298 g/mol. The maximum atomic E-state index is 5.97. The van der Waals surface area contributed by atoms with Gasteiger partial charge in [0.25, 0.3) is 0 Å². The fourth-order valence-corrected chi connectivity index (χ4v) is 3.79. The van der Waals surface area contributed by atoms with Crippen molar-refractivity contribution in [1.29, 1.82) is 0 Å². The fraction of sp³-hybridized carbons (Fsp3) is 0.812. The second kappa shape index (κ2) is 6.67. The summed E-state index contributed by atoms with van der Waals surface area (Å²) in [7, 11) is 0. The summed E-state index contributed by atoms with van der Waals surface area (Å²) in [6, 6.07) is 0.399. The van der Waals surface area contributed by atoms with Crippen LogP contribution >= 0.6 is 11.6 Å². The Hall–Kier alpha value is -0.940. The van der Waals surface area contributed by atoms with E-state index in [1.54, 1.807) is 0 Å².